The van der Waals surface area contributed by atoms with Crippen molar-refractivity contribution in [1.82, 2.24) is 5.32 Å². The van der Waals surface area contributed by atoms with E-state index < -0.39 is 25.7 Å². The molecule has 1 aromatic carbocycles. The van der Waals surface area contributed by atoms with Gasteiger partial charge in [-0.25, -0.2) is 12.8 Å². The minimum Gasteiger partial charge on any atom is -0.352 e. The Kier molecular flexibility index (Phi) is 5.79. The molecule has 0 bridgehead atoms. The molecule has 1 atom stereocenters. The van der Waals surface area contributed by atoms with Gasteiger partial charge in [-0.15, -0.1) is 0 Å². The van der Waals surface area contributed by atoms with Crippen molar-refractivity contribution in [2.45, 2.75) is 25.2 Å². The first-order valence-electron chi connectivity index (χ1n) is 5.88. The molecule has 0 saturated carbocycles. The van der Waals surface area contributed by atoms with Crippen molar-refractivity contribution in [3.63, 3.8) is 0 Å². The van der Waals surface area contributed by atoms with Crippen LogP contribution in [-0.4, -0.2) is 20.9 Å². The Hall–Kier alpha value is -0.850. The molecule has 0 fully saturated rings. The third kappa shape index (κ3) is 4.33. The fourth-order valence-corrected chi connectivity index (χ4v) is 2.54. The largest absolute Gasteiger partial charge is 0.352 e. The van der Waals surface area contributed by atoms with Gasteiger partial charge in [-0.05, 0) is 18.1 Å². The van der Waals surface area contributed by atoms with Crippen molar-refractivity contribution in [1.29, 1.82) is 0 Å². The molecule has 20 heavy (non-hydrogen) atoms. The lowest BCUT2D eigenvalue weighted by molar-refractivity contribution is 0.0947. The minimum absolute atomic E-state index is 0.129. The number of amides is 1. The van der Waals surface area contributed by atoms with E-state index in [1.165, 1.54) is 0 Å². The number of hydrogen-bond donors (Lipinski definition) is 1. The number of benzene rings is 1. The van der Waals surface area contributed by atoms with Crippen molar-refractivity contribution < 1.29 is 17.6 Å². The van der Waals surface area contributed by atoms with Gasteiger partial charge in [0.05, 0.1) is 10.6 Å². The van der Waals surface area contributed by atoms with Crippen LogP contribution in [0.25, 0.3) is 0 Å². The van der Waals surface area contributed by atoms with Gasteiger partial charge in [0.15, 0.2) is 0 Å². The van der Waals surface area contributed by atoms with Crippen LogP contribution in [0.4, 0.5) is 4.39 Å². The first-order chi connectivity index (χ1) is 9.16. The zero-order valence-corrected chi connectivity index (χ0v) is 13.2. The quantitative estimate of drug-likeness (QED) is 0.836. The standard InChI is InChI=1S/C12H14Cl2FNO3S/c1-3-7(2)6-16-12(17)8-4-11(20(14,18)19)10(15)5-9(8)13/h4-5,7H,3,6H2,1-2H3,(H,16,17). The van der Waals surface area contributed by atoms with Crippen LogP contribution in [-0.2, 0) is 9.05 Å². The van der Waals surface area contributed by atoms with E-state index in [-0.39, 0.29) is 16.5 Å². The van der Waals surface area contributed by atoms with Gasteiger partial charge in [0.2, 0.25) is 0 Å². The van der Waals surface area contributed by atoms with Crippen LogP contribution in [0.2, 0.25) is 5.02 Å². The average molecular weight is 342 g/mol. The molecule has 1 amide bonds. The summed E-state index contributed by atoms with van der Waals surface area (Å²) in [5.74, 6) is -1.41. The molecular weight excluding hydrogens is 328 g/mol. The molecule has 1 rings (SSSR count). The number of halogens is 3. The summed E-state index contributed by atoms with van der Waals surface area (Å²) in [5.41, 5.74) is -0.129. The minimum atomic E-state index is -4.28. The molecule has 0 radical (unpaired) electrons. The Morgan fingerprint density at radius 1 is 1.45 bits per heavy atom. The predicted molar refractivity (Wildman–Crippen MR) is 76.2 cm³/mol. The van der Waals surface area contributed by atoms with Crippen LogP contribution >= 0.6 is 22.3 Å². The molecule has 1 unspecified atom stereocenters. The lowest BCUT2D eigenvalue weighted by Crippen LogP contribution is -2.28. The van der Waals surface area contributed by atoms with Crippen LogP contribution in [0.3, 0.4) is 0 Å². The number of carbonyl (C=O) groups excluding carboxylic acids is 1. The van der Waals surface area contributed by atoms with E-state index in [0.717, 1.165) is 18.6 Å². The molecule has 8 heteroatoms. The Morgan fingerprint density at radius 3 is 2.55 bits per heavy atom. The van der Waals surface area contributed by atoms with Gasteiger partial charge in [-0.2, -0.15) is 0 Å². The molecule has 0 aliphatic rings. The normalized spacial score (nSPS) is 13.1. The lowest BCUT2D eigenvalue weighted by atomic mass is 10.1. The number of hydrogen-bond acceptors (Lipinski definition) is 3. The molecule has 0 aliphatic heterocycles. The first-order valence-corrected chi connectivity index (χ1v) is 8.57. The van der Waals surface area contributed by atoms with Gasteiger partial charge < -0.3 is 5.32 Å². The highest BCUT2D eigenvalue weighted by Gasteiger charge is 2.21. The number of rotatable bonds is 5. The van der Waals surface area contributed by atoms with E-state index in [4.69, 9.17) is 22.3 Å². The maximum Gasteiger partial charge on any atom is 0.264 e. The summed E-state index contributed by atoms with van der Waals surface area (Å²) >= 11 is 5.76. The second-order valence-corrected chi connectivity index (χ2v) is 7.37. The van der Waals surface area contributed by atoms with Crippen LogP contribution in [0.5, 0.6) is 0 Å². The van der Waals surface area contributed by atoms with Gasteiger partial charge in [0.25, 0.3) is 15.0 Å². The van der Waals surface area contributed by atoms with Crippen LogP contribution in [0.15, 0.2) is 17.0 Å². The summed E-state index contributed by atoms with van der Waals surface area (Å²) in [6.07, 6.45) is 0.874. The summed E-state index contributed by atoms with van der Waals surface area (Å²) in [6, 6.07) is 1.60. The monoisotopic (exact) mass is 341 g/mol. The Labute approximate surface area is 126 Å². The van der Waals surface area contributed by atoms with Crippen molar-refractivity contribution >= 4 is 37.2 Å². The van der Waals surface area contributed by atoms with Crippen LogP contribution in [0, 0.1) is 11.7 Å². The number of carbonyl (C=O) groups is 1. The van der Waals surface area contributed by atoms with E-state index in [1.807, 2.05) is 13.8 Å². The van der Waals surface area contributed by atoms with E-state index in [0.29, 0.717) is 6.54 Å². The maximum absolute atomic E-state index is 13.5. The van der Waals surface area contributed by atoms with E-state index in [2.05, 4.69) is 5.32 Å². The molecule has 0 saturated heterocycles. The second-order valence-electron chi connectivity index (χ2n) is 4.42. The van der Waals surface area contributed by atoms with Crippen LogP contribution in [0.1, 0.15) is 30.6 Å². The molecule has 4 nitrogen and oxygen atoms in total. The van der Waals surface area contributed by atoms with E-state index >= 15 is 0 Å². The van der Waals surface area contributed by atoms with Crippen molar-refractivity contribution in [3.8, 4) is 0 Å². The SMILES string of the molecule is CCC(C)CNC(=O)c1cc(S(=O)(=O)Cl)c(F)cc1Cl. The van der Waals surface area contributed by atoms with Gasteiger partial charge in [-0.3, -0.25) is 4.79 Å². The fraction of sp³-hybridized carbons (Fsp3) is 0.417. The van der Waals surface area contributed by atoms with Gasteiger partial charge >= 0.3 is 0 Å². The lowest BCUT2D eigenvalue weighted by Gasteiger charge is -2.11. The highest BCUT2D eigenvalue weighted by Crippen LogP contribution is 2.26. The zero-order chi connectivity index (χ0) is 15.5. The topological polar surface area (TPSA) is 63.2 Å². The van der Waals surface area contributed by atoms with Crippen LogP contribution < -0.4 is 5.32 Å². The van der Waals surface area contributed by atoms with Crippen molar-refractivity contribution in [2.24, 2.45) is 5.92 Å². The second kappa shape index (κ2) is 6.74. The summed E-state index contributed by atoms with van der Waals surface area (Å²) in [6.45, 7) is 4.33. The molecular formula is C12H14Cl2FNO3S. The molecule has 112 valence electrons. The smallest absolute Gasteiger partial charge is 0.264 e. The summed E-state index contributed by atoms with van der Waals surface area (Å²) in [7, 11) is 0.817. The third-order valence-electron chi connectivity index (χ3n) is 2.84. The predicted octanol–water partition coefficient (Wildman–Crippen LogP) is 3.18. The highest BCUT2D eigenvalue weighted by molar-refractivity contribution is 8.13. The highest BCUT2D eigenvalue weighted by atomic mass is 35.7. The van der Waals surface area contributed by atoms with E-state index in [9.17, 15) is 17.6 Å². The third-order valence-corrected chi connectivity index (χ3v) is 4.49. The van der Waals surface area contributed by atoms with Gasteiger partial charge in [0.1, 0.15) is 10.7 Å². The van der Waals surface area contributed by atoms with Gasteiger partial charge in [0, 0.05) is 17.2 Å². The Morgan fingerprint density at radius 2 is 2.05 bits per heavy atom. The molecule has 0 spiro atoms. The number of nitrogens with one attached hydrogen (secondary N) is 1. The fourth-order valence-electron chi connectivity index (χ4n) is 1.40. The average Bonchev–Trinajstić information content (AvgIpc) is 2.33. The molecule has 1 N–H and O–H groups in total. The Bertz CT molecular complexity index is 619. The molecule has 1 aromatic rings. The molecule has 0 aromatic heterocycles. The zero-order valence-electron chi connectivity index (χ0n) is 10.9. The summed E-state index contributed by atoms with van der Waals surface area (Å²) in [5, 5.41) is 2.43. The van der Waals surface area contributed by atoms with E-state index in [1.54, 1.807) is 0 Å². The van der Waals surface area contributed by atoms with Crippen molar-refractivity contribution in [2.75, 3.05) is 6.54 Å². The van der Waals surface area contributed by atoms with Gasteiger partial charge in [-0.1, -0.05) is 31.9 Å². The summed E-state index contributed by atoms with van der Waals surface area (Å²) in [4.78, 5) is 11.2. The summed E-state index contributed by atoms with van der Waals surface area (Å²) < 4.78 is 35.9. The molecule has 0 aliphatic carbocycles. The maximum atomic E-state index is 13.5. The van der Waals surface area contributed by atoms with Crippen molar-refractivity contribution in [3.05, 3.63) is 28.5 Å². The first kappa shape index (κ1) is 17.2. The molecule has 0 heterocycles. The Balaban J connectivity index is 3.10.